The largest absolute Gasteiger partial charge is 0.462 e. The SMILES string of the molecule is CCOC(=O)c1cn(C2CC2)c2c(C#CC[C@@H]3C[C@@H](NC(=O)OC(C)(C)C)CN3C(=O)OC(C)(C)C)c(F)c(F)cc2c1=O. The lowest BCUT2D eigenvalue weighted by atomic mass is 10.0. The number of rotatable bonds is 5. The van der Waals surface area contributed by atoms with Crippen LogP contribution < -0.4 is 10.7 Å². The number of carbonyl (C=O) groups is 3. The van der Waals surface area contributed by atoms with Crippen molar-refractivity contribution in [1.82, 2.24) is 14.8 Å². The van der Waals surface area contributed by atoms with Crippen molar-refractivity contribution >= 4 is 29.1 Å². The number of ether oxygens (including phenoxy) is 3. The molecule has 10 nitrogen and oxygen atoms in total. The number of benzene rings is 1. The van der Waals surface area contributed by atoms with Crippen molar-refractivity contribution in [3.05, 3.63) is 45.2 Å². The number of hydrogen-bond acceptors (Lipinski definition) is 7. The van der Waals surface area contributed by atoms with Gasteiger partial charge in [0.2, 0.25) is 5.43 Å². The first-order chi connectivity index (χ1) is 20.5. The number of nitrogens with zero attached hydrogens (tertiary/aromatic N) is 2. The summed E-state index contributed by atoms with van der Waals surface area (Å²) in [4.78, 5) is 52.6. The Morgan fingerprint density at radius 3 is 2.32 bits per heavy atom. The number of amides is 2. The molecule has 0 bridgehead atoms. The van der Waals surface area contributed by atoms with Crippen molar-refractivity contribution in [2.24, 2.45) is 0 Å². The normalized spacial score (nSPS) is 18.4. The van der Waals surface area contributed by atoms with Crippen LogP contribution in [-0.2, 0) is 14.2 Å². The van der Waals surface area contributed by atoms with Gasteiger partial charge >= 0.3 is 18.2 Å². The molecule has 2 aromatic rings. The third-order valence-electron chi connectivity index (χ3n) is 6.96. The van der Waals surface area contributed by atoms with Gasteiger partial charge in [-0.2, -0.15) is 0 Å². The summed E-state index contributed by atoms with van der Waals surface area (Å²) in [5, 5.41) is 2.60. The monoisotopic (exact) mass is 615 g/mol. The van der Waals surface area contributed by atoms with Gasteiger partial charge in [-0.3, -0.25) is 4.79 Å². The molecule has 2 heterocycles. The molecule has 1 saturated carbocycles. The van der Waals surface area contributed by atoms with E-state index in [1.54, 1.807) is 53.0 Å². The molecule has 2 aliphatic rings. The summed E-state index contributed by atoms with van der Waals surface area (Å²) in [7, 11) is 0. The van der Waals surface area contributed by atoms with Crippen molar-refractivity contribution in [1.29, 1.82) is 0 Å². The highest BCUT2D eigenvalue weighted by Crippen LogP contribution is 2.38. The molecule has 1 aromatic heterocycles. The molecule has 0 unspecified atom stereocenters. The summed E-state index contributed by atoms with van der Waals surface area (Å²) < 4.78 is 47.7. The van der Waals surface area contributed by atoms with Crippen LogP contribution in [0.5, 0.6) is 0 Å². The van der Waals surface area contributed by atoms with Crippen LogP contribution in [-0.4, -0.2) is 64.1 Å². The minimum absolute atomic E-state index is 0.0394. The zero-order valence-electron chi connectivity index (χ0n) is 26.1. The number of halogens is 2. The Bertz CT molecular complexity index is 1590. The first-order valence-corrected chi connectivity index (χ1v) is 14.7. The number of alkyl carbamates (subject to hydrolysis) is 1. The van der Waals surface area contributed by atoms with E-state index in [4.69, 9.17) is 14.2 Å². The second kappa shape index (κ2) is 12.5. The van der Waals surface area contributed by atoms with Crippen LogP contribution in [0.3, 0.4) is 0 Å². The van der Waals surface area contributed by atoms with Crippen molar-refractivity contribution < 1.29 is 37.4 Å². The van der Waals surface area contributed by atoms with Gasteiger partial charge in [0.05, 0.1) is 29.1 Å². The summed E-state index contributed by atoms with van der Waals surface area (Å²) in [5.74, 6) is 2.24. The zero-order valence-corrected chi connectivity index (χ0v) is 26.1. The van der Waals surface area contributed by atoms with Crippen LogP contribution in [0.1, 0.15) is 96.1 Å². The van der Waals surface area contributed by atoms with E-state index in [2.05, 4.69) is 17.2 Å². The Labute approximate surface area is 255 Å². The average Bonchev–Trinajstić information content (AvgIpc) is 3.65. The van der Waals surface area contributed by atoms with Gasteiger partial charge in [0.1, 0.15) is 16.8 Å². The summed E-state index contributed by atoms with van der Waals surface area (Å²) >= 11 is 0. The Hall–Kier alpha value is -4.14. The predicted octanol–water partition coefficient (Wildman–Crippen LogP) is 5.44. The summed E-state index contributed by atoms with van der Waals surface area (Å²) in [6, 6.07) is -0.319. The van der Waals surface area contributed by atoms with E-state index in [-0.39, 0.29) is 47.6 Å². The molecular weight excluding hydrogens is 576 g/mol. The maximum absolute atomic E-state index is 15.3. The molecule has 1 aliphatic carbocycles. The standard InChI is InChI=1S/C32H39F2N3O7/c1-8-42-28(39)23-17-36(19-12-13-19)26-21(25(34)24(33)15-22(26)27(23)38)11-9-10-20-14-18(35-29(40)43-31(2,3)4)16-37(20)30(41)44-32(5,6)7/h15,17-20H,8,10,12-14,16H2,1-7H3,(H,35,40)/t18-,20-/m1/s1. The number of hydrogen-bond donors (Lipinski definition) is 1. The highest BCUT2D eigenvalue weighted by Gasteiger charge is 2.38. The number of likely N-dealkylation sites (tertiary alicyclic amines) is 1. The Morgan fingerprint density at radius 2 is 1.73 bits per heavy atom. The number of carbonyl (C=O) groups excluding carboxylic acids is 3. The highest BCUT2D eigenvalue weighted by molar-refractivity contribution is 5.95. The molecule has 238 valence electrons. The lowest BCUT2D eigenvalue weighted by Crippen LogP contribution is -2.43. The molecule has 1 saturated heterocycles. The topological polar surface area (TPSA) is 116 Å². The van der Waals surface area contributed by atoms with E-state index < -0.39 is 58.5 Å². The maximum Gasteiger partial charge on any atom is 0.410 e. The lowest BCUT2D eigenvalue weighted by Gasteiger charge is -2.27. The predicted molar refractivity (Wildman–Crippen MR) is 158 cm³/mol. The van der Waals surface area contributed by atoms with E-state index in [0.29, 0.717) is 6.42 Å². The number of aromatic nitrogens is 1. The van der Waals surface area contributed by atoms with Crippen molar-refractivity contribution in [3.63, 3.8) is 0 Å². The minimum Gasteiger partial charge on any atom is -0.462 e. The summed E-state index contributed by atoms with van der Waals surface area (Å²) in [6.45, 7) is 12.2. The maximum atomic E-state index is 15.3. The molecule has 2 fully saturated rings. The van der Waals surface area contributed by atoms with E-state index in [9.17, 15) is 23.6 Å². The number of esters is 1. The van der Waals surface area contributed by atoms with Gasteiger partial charge in [0.15, 0.2) is 11.6 Å². The second-order valence-electron chi connectivity index (χ2n) is 13.0. The third kappa shape index (κ3) is 7.68. The molecule has 4 rings (SSSR count). The molecule has 12 heteroatoms. The van der Waals surface area contributed by atoms with Gasteiger partial charge in [-0.1, -0.05) is 11.8 Å². The number of fused-ring (bicyclic) bond motifs is 1. The van der Waals surface area contributed by atoms with Crippen LogP contribution >= 0.6 is 0 Å². The fraction of sp³-hybridized carbons (Fsp3) is 0.562. The van der Waals surface area contributed by atoms with Crippen molar-refractivity contribution in [2.75, 3.05) is 13.2 Å². The minimum atomic E-state index is -1.28. The van der Waals surface area contributed by atoms with Crippen LogP contribution in [0.15, 0.2) is 17.1 Å². The van der Waals surface area contributed by atoms with Crippen molar-refractivity contribution in [3.8, 4) is 11.8 Å². The second-order valence-corrected chi connectivity index (χ2v) is 13.0. The number of pyridine rings is 1. The van der Waals surface area contributed by atoms with Crippen LogP contribution in [0.4, 0.5) is 18.4 Å². The van der Waals surface area contributed by atoms with Crippen LogP contribution in [0, 0.1) is 23.5 Å². The summed E-state index contributed by atoms with van der Waals surface area (Å²) in [5.41, 5.74) is -2.75. The molecule has 2 amide bonds. The molecule has 0 spiro atoms. The molecule has 1 aliphatic heterocycles. The average molecular weight is 616 g/mol. The van der Waals surface area contributed by atoms with Gasteiger partial charge < -0.3 is 29.0 Å². The fourth-order valence-electron chi connectivity index (χ4n) is 5.06. The van der Waals surface area contributed by atoms with Gasteiger partial charge in [0, 0.05) is 31.2 Å². The Morgan fingerprint density at radius 1 is 1.07 bits per heavy atom. The molecule has 44 heavy (non-hydrogen) atoms. The molecular formula is C32H39F2N3O7. The van der Waals surface area contributed by atoms with E-state index in [1.807, 2.05) is 0 Å². The van der Waals surface area contributed by atoms with Gasteiger partial charge in [-0.15, -0.1) is 0 Å². The van der Waals surface area contributed by atoms with E-state index >= 15 is 4.39 Å². The molecule has 1 N–H and O–H groups in total. The van der Waals surface area contributed by atoms with Gasteiger partial charge in [-0.05, 0) is 73.8 Å². The van der Waals surface area contributed by atoms with Crippen LogP contribution in [0.25, 0.3) is 10.9 Å². The Kier molecular flexibility index (Phi) is 9.28. The van der Waals surface area contributed by atoms with Gasteiger partial charge in [-0.25, -0.2) is 23.2 Å². The quantitative estimate of drug-likeness (QED) is 0.271. The van der Waals surface area contributed by atoms with Crippen molar-refractivity contribution in [2.45, 2.75) is 103 Å². The van der Waals surface area contributed by atoms with E-state index in [1.165, 1.54) is 11.1 Å². The first kappa shape index (κ1) is 32.8. The highest BCUT2D eigenvalue weighted by atomic mass is 19.2. The molecule has 1 aromatic carbocycles. The van der Waals surface area contributed by atoms with E-state index in [0.717, 1.165) is 18.9 Å². The molecule has 2 atom stereocenters. The molecule has 0 radical (unpaired) electrons. The number of nitrogens with one attached hydrogen (secondary N) is 1. The van der Waals surface area contributed by atoms with Gasteiger partial charge in [0.25, 0.3) is 0 Å². The zero-order chi connectivity index (χ0) is 32.6. The Balaban J connectivity index is 1.69. The first-order valence-electron chi connectivity index (χ1n) is 14.7. The lowest BCUT2D eigenvalue weighted by molar-refractivity contribution is 0.0221. The summed E-state index contributed by atoms with van der Waals surface area (Å²) in [6.07, 6.45) is 1.90. The fourth-order valence-corrected chi connectivity index (χ4v) is 5.06. The third-order valence-corrected chi connectivity index (χ3v) is 6.96. The van der Waals surface area contributed by atoms with Crippen LogP contribution in [0.2, 0.25) is 0 Å². The smallest absolute Gasteiger partial charge is 0.410 e.